The van der Waals surface area contributed by atoms with Gasteiger partial charge in [-0.3, -0.25) is 4.79 Å². The molecule has 4 aliphatic rings. The molecular weight excluding hydrogens is 482 g/mol. The van der Waals surface area contributed by atoms with Crippen molar-refractivity contribution >= 4 is 5.91 Å². The molecule has 0 spiro atoms. The van der Waals surface area contributed by atoms with Gasteiger partial charge in [0.15, 0.2) is 0 Å². The summed E-state index contributed by atoms with van der Waals surface area (Å²) < 4.78 is 23.8. The number of epoxide rings is 1. The van der Waals surface area contributed by atoms with E-state index < -0.39 is 6.10 Å². The van der Waals surface area contributed by atoms with E-state index in [1.165, 1.54) is 5.57 Å². The van der Waals surface area contributed by atoms with Crippen molar-refractivity contribution in [3.8, 4) is 0 Å². The average Bonchev–Trinajstić information content (AvgIpc) is 3.63. The predicted octanol–water partition coefficient (Wildman–Crippen LogP) is 4.33. The Labute approximate surface area is 227 Å². The maximum Gasteiger partial charge on any atom is 0.243 e. The molecule has 4 heterocycles. The van der Waals surface area contributed by atoms with Gasteiger partial charge in [0, 0.05) is 7.11 Å². The molecule has 7 heteroatoms. The number of ether oxygens (including phenoxy) is 4. The number of rotatable bonds is 4. The van der Waals surface area contributed by atoms with Gasteiger partial charge in [0.25, 0.3) is 0 Å². The zero-order valence-corrected chi connectivity index (χ0v) is 23.1. The van der Waals surface area contributed by atoms with E-state index >= 15 is 0 Å². The van der Waals surface area contributed by atoms with Crippen LogP contribution in [0.25, 0.3) is 0 Å². The van der Waals surface area contributed by atoms with Gasteiger partial charge in [0.05, 0.1) is 49.3 Å². The number of aliphatic hydroxyl groups is 1. The van der Waals surface area contributed by atoms with E-state index in [0.29, 0.717) is 31.8 Å². The van der Waals surface area contributed by atoms with Gasteiger partial charge in [0.2, 0.25) is 5.91 Å². The van der Waals surface area contributed by atoms with Crippen molar-refractivity contribution < 1.29 is 28.8 Å². The molecule has 0 radical (unpaired) electrons. The zero-order chi connectivity index (χ0) is 27.1. The molecule has 1 amide bonds. The molecule has 1 fully saturated rings. The van der Waals surface area contributed by atoms with E-state index in [4.69, 9.17) is 18.9 Å². The fourth-order valence-corrected chi connectivity index (χ4v) is 5.79. The second-order valence-corrected chi connectivity index (χ2v) is 11.4. The average molecular weight is 528 g/mol. The Hall–Kier alpha value is -2.03. The van der Waals surface area contributed by atoms with Crippen molar-refractivity contribution in [1.29, 1.82) is 0 Å². The normalized spacial score (nSPS) is 38.1. The number of methoxy groups -OCH3 is 1. The molecule has 2 N–H and O–H groups in total. The Balaban J connectivity index is 1.47. The molecule has 0 aromatic rings. The van der Waals surface area contributed by atoms with Gasteiger partial charge in [0.1, 0.15) is 6.10 Å². The molecule has 4 aliphatic heterocycles. The highest BCUT2D eigenvalue weighted by atomic mass is 16.6. The number of hydrogen-bond acceptors (Lipinski definition) is 6. The minimum Gasteiger partial charge on any atom is -0.390 e. The standard InChI is InChI=1S/C31H45NO6/c1-20-13-14-36-24(16-20)11-12-28(35-4)26-19-29-31(38-29)27(33)18-22(3)15-21(2)17-25-9-5-7-23(37-25)8-6-10-30(34)32-26/h5-7,10-13,21,23-29,31,33H,3,8-9,14-19H2,1-2,4H3,(H,32,34)/t21-,23-,24+,25-,26-,27-,28-,29-,31-/m0/s1. The maximum absolute atomic E-state index is 12.9. The van der Waals surface area contributed by atoms with Crippen LogP contribution in [0.5, 0.6) is 0 Å². The third-order valence-corrected chi connectivity index (χ3v) is 7.82. The summed E-state index contributed by atoms with van der Waals surface area (Å²) in [6.07, 6.45) is 17.7. The van der Waals surface area contributed by atoms with E-state index in [-0.39, 0.29) is 48.6 Å². The van der Waals surface area contributed by atoms with E-state index in [9.17, 15) is 9.90 Å². The quantitative estimate of drug-likeness (QED) is 0.418. The van der Waals surface area contributed by atoms with Gasteiger partial charge < -0.3 is 29.4 Å². The van der Waals surface area contributed by atoms with Crippen LogP contribution in [0.4, 0.5) is 0 Å². The van der Waals surface area contributed by atoms with Crippen LogP contribution in [-0.2, 0) is 23.7 Å². The summed E-state index contributed by atoms with van der Waals surface area (Å²) in [5, 5.41) is 14.0. The summed E-state index contributed by atoms with van der Waals surface area (Å²) in [4.78, 5) is 12.9. The van der Waals surface area contributed by atoms with Crippen molar-refractivity contribution in [3.05, 3.63) is 60.3 Å². The first-order valence-electron chi connectivity index (χ1n) is 14.1. The smallest absolute Gasteiger partial charge is 0.243 e. The Morgan fingerprint density at radius 3 is 2.82 bits per heavy atom. The highest BCUT2D eigenvalue weighted by molar-refractivity contribution is 5.87. The van der Waals surface area contributed by atoms with E-state index in [1.807, 2.05) is 18.2 Å². The highest BCUT2D eigenvalue weighted by Crippen LogP contribution is 2.34. The molecule has 0 aromatic carbocycles. The third kappa shape index (κ3) is 8.75. The molecule has 0 unspecified atom stereocenters. The van der Waals surface area contributed by atoms with Crippen molar-refractivity contribution in [2.24, 2.45) is 5.92 Å². The second-order valence-electron chi connectivity index (χ2n) is 11.4. The maximum atomic E-state index is 12.9. The summed E-state index contributed by atoms with van der Waals surface area (Å²) in [6, 6.07) is -0.326. The Kier molecular flexibility index (Phi) is 10.6. The molecule has 9 atom stereocenters. The van der Waals surface area contributed by atoms with Gasteiger partial charge in [-0.1, -0.05) is 61.1 Å². The SMILES string of the molecule is C=C1C[C@H](C)C[C@@H]2CC=C[C@@H](CC=CC(=O)N[C@H]([C@H](C=C[C@@H]3CC(C)=CCO3)OC)C[C@@H]3O[C@H]3[C@@H](O)C1)O2. The van der Waals surface area contributed by atoms with Crippen molar-refractivity contribution in [2.45, 2.75) is 108 Å². The molecule has 0 saturated carbocycles. The molecule has 1 saturated heterocycles. The van der Waals surface area contributed by atoms with Gasteiger partial charge in [-0.05, 0) is 63.9 Å². The molecule has 2 bridgehead atoms. The van der Waals surface area contributed by atoms with Gasteiger partial charge in [-0.2, -0.15) is 0 Å². The number of carbonyl (C=O) groups is 1. The van der Waals surface area contributed by atoms with Crippen LogP contribution in [0.1, 0.15) is 58.8 Å². The van der Waals surface area contributed by atoms with Gasteiger partial charge in [-0.15, -0.1) is 0 Å². The van der Waals surface area contributed by atoms with Gasteiger partial charge >= 0.3 is 0 Å². The van der Waals surface area contributed by atoms with Crippen LogP contribution < -0.4 is 5.32 Å². The molecule has 0 aliphatic carbocycles. The monoisotopic (exact) mass is 527 g/mol. The Morgan fingerprint density at radius 1 is 1.18 bits per heavy atom. The van der Waals surface area contributed by atoms with Crippen molar-refractivity contribution in [1.82, 2.24) is 5.32 Å². The highest BCUT2D eigenvalue weighted by Gasteiger charge is 2.46. The summed E-state index contributed by atoms with van der Waals surface area (Å²) in [5.74, 6) is 0.226. The lowest BCUT2D eigenvalue weighted by molar-refractivity contribution is -0.118. The lowest BCUT2D eigenvalue weighted by Gasteiger charge is -2.28. The number of nitrogens with one attached hydrogen (secondary N) is 1. The zero-order valence-electron chi connectivity index (χ0n) is 23.1. The fraction of sp³-hybridized carbons (Fsp3) is 0.645. The summed E-state index contributed by atoms with van der Waals surface area (Å²) in [6.45, 7) is 9.16. The number of carbonyl (C=O) groups excluding carboxylic acids is 1. The molecule has 210 valence electrons. The minimum absolute atomic E-state index is 0.0139. The van der Waals surface area contributed by atoms with Crippen molar-refractivity contribution in [3.63, 3.8) is 0 Å². The lowest BCUT2D eigenvalue weighted by Crippen LogP contribution is -2.44. The number of hydrogen-bond donors (Lipinski definition) is 2. The predicted molar refractivity (Wildman–Crippen MR) is 148 cm³/mol. The topological polar surface area (TPSA) is 89.6 Å². The second kappa shape index (κ2) is 13.9. The number of amides is 1. The lowest BCUT2D eigenvalue weighted by atomic mass is 9.90. The van der Waals surface area contributed by atoms with Crippen LogP contribution in [0.15, 0.2) is 60.3 Å². The first-order chi connectivity index (χ1) is 18.3. The summed E-state index contributed by atoms with van der Waals surface area (Å²) in [5.41, 5.74) is 2.34. The Morgan fingerprint density at radius 2 is 2.03 bits per heavy atom. The summed E-state index contributed by atoms with van der Waals surface area (Å²) in [7, 11) is 1.64. The van der Waals surface area contributed by atoms with E-state index in [0.717, 1.165) is 31.3 Å². The van der Waals surface area contributed by atoms with Crippen LogP contribution in [0.3, 0.4) is 0 Å². The number of fused-ring (bicyclic) bond motifs is 3. The molecule has 4 rings (SSSR count). The molecule has 0 aromatic heterocycles. The first-order valence-corrected chi connectivity index (χ1v) is 14.1. The van der Waals surface area contributed by atoms with Gasteiger partial charge in [-0.25, -0.2) is 0 Å². The molecule has 38 heavy (non-hydrogen) atoms. The van der Waals surface area contributed by atoms with Crippen molar-refractivity contribution in [2.75, 3.05) is 13.7 Å². The van der Waals surface area contributed by atoms with Crippen LogP contribution >= 0.6 is 0 Å². The summed E-state index contributed by atoms with van der Waals surface area (Å²) >= 11 is 0. The molecule has 7 nitrogen and oxygen atoms in total. The fourth-order valence-electron chi connectivity index (χ4n) is 5.79. The van der Waals surface area contributed by atoms with Crippen LogP contribution in [-0.4, -0.2) is 73.5 Å². The van der Waals surface area contributed by atoms with Crippen LogP contribution in [0.2, 0.25) is 0 Å². The Bertz CT molecular complexity index is 939. The number of aliphatic hydroxyl groups excluding tert-OH is 1. The first kappa shape index (κ1) is 29.0. The largest absolute Gasteiger partial charge is 0.390 e. The van der Waals surface area contributed by atoms with E-state index in [1.54, 1.807) is 13.2 Å². The van der Waals surface area contributed by atoms with Crippen LogP contribution in [0, 0.1) is 5.92 Å². The minimum atomic E-state index is -0.616. The third-order valence-electron chi connectivity index (χ3n) is 7.82. The molecular formula is C31H45NO6. The van der Waals surface area contributed by atoms with E-state index in [2.05, 4.69) is 44.0 Å².